The quantitative estimate of drug-likeness (QED) is 0.249. The smallest absolute Gasteiger partial charge is 0.270 e. The Bertz CT molecular complexity index is 1210. The summed E-state index contributed by atoms with van der Waals surface area (Å²) in [4.78, 5) is 32.4. The average molecular weight is 484 g/mol. The van der Waals surface area contributed by atoms with Crippen molar-refractivity contribution in [2.24, 2.45) is 0 Å². The van der Waals surface area contributed by atoms with E-state index in [1.807, 2.05) is 86.6 Å². The number of benzene rings is 3. The van der Waals surface area contributed by atoms with Crippen LogP contribution in [0.3, 0.4) is 0 Å². The minimum Gasteiger partial charge on any atom is -0.372 e. The van der Waals surface area contributed by atoms with Gasteiger partial charge in [-0.3, -0.25) is 19.4 Å². The summed E-state index contributed by atoms with van der Waals surface area (Å²) in [6.07, 6.45) is 1.65. The molecule has 0 unspecified atom stereocenters. The lowest BCUT2D eigenvalue weighted by atomic mass is 10.0. The second kappa shape index (κ2) is 10.2. The van der Waals surface area contributed by atoms with Crippen LogP contribution >= 0.6 is 12.2 Å². The van der Waals surface area contributed by atoms with Gasteiger partial charge < -0.3 is 4.90 Å². The number of rotatable bonds is 6. The summed E-state index contributed by atoms with van der Waals surface area (Å²) in [7, 11) is 0. The van der Waals surface area contributed by atoms with Crippen molar-refractivity contribution in [2.75, 3.05) is 27.8 Å². The van der Waals surface area contributed by atoms with Crippen molar-refractivity contribution in [2.45, 2.75) is 27.7 Å². The van der Waals surface area contributed by atoms with Gasteiger partial charge in [-0.2, -0.15) is 0 Å². The molecule has 0 atom stereocenters. The molecule has 0 N–H and O–H groups in total. The second-order valence-corrected chi connectivity index (χ2v) is 8.92. The Morgan fingerprint density at radius 3 is 1.54 bits per heavy atom. The molecule has 4 rings (SSSR count). The first-order chi connectivity index (χ1) is 16.8. The van der Waals surface area contributed by atoms with Crippen LogP contribution < -0.4 is 14.7 Å². The van der Waals surface area contributed by atoms with E-state index in [9.17, 15) is 9.59 Å². The Hall–Kier alpha value is -3.77. The molecule has 1 aliphatic rings. The van der Waals surface area contributed by atoms with E-state index in [0.29, 0.717) is 11.4 Å². The summed E-state index contributed by atoms with van der Waals surface area (Å²) in [5.74, 6) is -0.861. The van der Waals surface area contributed by atoms with Crippen molar-refractivity contribution in [1.82, 2.24) is 0 Å². The Morgan fingerprint density at radius 2 is 1.14 bits per heavy atom. The zero-order valence-electron chi connectivity index (χ0n) is 20.5. The van der Waals surface area contributed by atoms with Crippen molar-refractivity contribution in [1.29, 1.82) is 0 Å². The van der Waals surface area contributed by atoms with E-state index in [1.165, 1.54) is 9.80 Å². The van der Waals surface area contributed by atoms with Gasteiger partial charge in [0.1, 0.15) is 5.57 Å². The standard InChI is InChI=1S/C29H29N3O2S/c1-5-30(6-2)23-17-11-22(12-18-23)19-26-27(33)31(24-13-7-20(3)8-14-24)29(35)32(28(26)34)25-15-9-21(4)10-16-25/h7-19H,5-6H2,1-4H3. The molecule has 3 aromatic carbocycles. The van der Waals surface area contributed by atoms with Crippen molar-refractivity contribution >= 4 is 52.3 Å². The van der Waals surface area contributed by atoms with Gasteiger partial charge in [0, 0.05) is 18.8 Å². The average Bonchev–Trinajstić information content (AvgIpc) is 2.86. The van der Waals surface area contributed by atoms with Crippen LogP contribution in [0.1, 0.15) is 30.5 Å². The van der Waals surface area contributed by atoms with Gasteiger partial charge in [-0.15, -0.1) is 0 Å². The molecule has 1 heterocycles. The van der Waals surface area contributed by atoms with E-state index in [4.69, 9.17) is 12.2 Å². The summed E-state index contributed by atoms with van der Waals surface area (Å²) in [5, 5.41) is 0.140. The molecule has 0 bridgehead atoms. The highest BCUT2D eigenvalue weighted by atomic mass is 32.1. The molecular formula is C29H29N3O2S. The van der Waals surface area contributed by atoms with E-state index in [1.54, 1.807) is 6.08 Å². The predicted octanol–water partition coefficient (Wildman–Crippen LogP) is 5.90. The molecule has 178 valence electrons. The summed E-state index contributed by atoms with van der Waals surface area (Å²) in [6, 6.07) is 23.0. The summed E-state index contributed by atoms with van der Waals surface area (Å²) in [5.41, 5.74) is 5.32. The highest BCUT2D eigenvalue weighted by molar-refractivity contribution is 7.81. The van der Waals surface area contributed by atoms with Crippen LogP contribution in [0.4, 0.5) is 17.1 Å². The van der Waals surface area contributed by atoms with Gasteiger partial charge in [0.05, 0.1) is 11.4 Å². The first kappa shape index (κ1) is 24.4. The van der Waals surface area contributed by atoms with E-state index in [-0.39, 0.29) is 10.7 Å². The van der Waals surface area contributed by atoms with Crippen LogP contribution in [-0.4, -0.2) is 30.0 Å². The lowest BCUT2D eigenvalue weighted by molar-refractivity contribution is -0.120. The topological polar surface area (TPSA) is 43.9 Å². The summed E-state index contributed by atoms with van der Waals surface area (Å²) >= 11 is 5.70. The van der Waals surface area contributed by atoms with Crippen LogP contribution in [0.5, 0.6) is 0 Å². The van der Waals surface area contributed by atoms with Crippen molar-refractivity contribution in [3.05, 3.63) is 95.1 Å². The third-order valence-electron chi connectivity index (χ3n) is 6.17. The fourth-order valence-corrected chi connectivity index (χ4v) is 4.49. The van der Waals surface area contributed by atoms with E-state index in [0.717, 1.165) is 35.5 Å². The van der Waals surface area contributed by atoms with Crippen LogP contribution in [0.2, 0.25) is 0 Å². The lowest BCUT2D eigenvalue weighted by Crippen LogP contribution is -2.56. The van der Waals surface area contributed by atoms with Crippen LogP contribution in [0.25, 0.3) is 6.08 Å². The third kappa shape index (κ3) is 4.88. The van der Waals surface area contributed by atoms with Crippen molar-refractivity contribution in [3.8, 4) is 0 Å². The maximum Gasteiger partial charge on any atom is 0.270 e. The van der Waals surface area contributed by atoms with Gasteiger partial charge in [-0.05, 0) is 88.0 Å². The number of hydrogen-bond acceptors (Lipinski definition) is 4. The largest absolute Gasteiger partial charge is 0.372 e. The molecule has 3 aromatic rings. The molecule has 6 heteroatoms. The van der Waals surface area contributed by atoms with Crippen LogP contribution in [-0.2, 0) is 9.59 Å². The van der Waals surface area contributed by atoms with Crippen molar-refractivity contribution in [3.63, 3.8) is 0 Å². The number of hydrogen-bond donors (Lipinski definition) is 0. The SMILES string of the molecule is CCN(CC)c1ccc(C=C2C(=O)N(c3ccc(C)cc3)C(=S)N(c3ccc(C)cc3)C2=O)cc1. The van der Waals surface area contributed by atoms with Gasteiger partial charge in [0.25, 0.3) is 11.8 Å². The molecule has 35 heavy (non-hydrogen) atoms. The first-order valence-corrected chi connectivity index (χ1v) is 12.2. The van der Waals surface area contributed by atoms with Crippen LogP contribution in [0, 0.1) is 13.8 Å². The first-order valence-electron chi connectivity index (χ1n) is 11.8. The molecule has 1 saturated heterocycles. The fraction of sp³-hybridized carbons (Fsp3) is 0.207. The summed E-state index contributed by atoms with van der Waals surface area (Å²) in [6.45, 7) is 10.00. The number of thiocarbonyl (C=S) groups is 1. The number of carbonyl (C=O) groups excluding carboxylic acids is 2. The Kier molecular flexibility index (Phi) is 7.12. The van der Waals surface area contributed by atoms with Gasteiger partial charge in [-0.25, -0.2) is 0 Å². The second-order valence-electron chi connectivity index (χ2n) is 8.56. The highest BCUT2D eigenvalue weighted by Crippen LogP contribution is 2.30. The Labute approximate surface area is 212 Å². The molecule has 0 aliphatic carbocycles. The van der Waals surface area contributed by atoms with Gasteiger partial charge in [0.2, 0.25) is 0 Å². The number of carbonyl (C=O) groups is 2. The highest BCUT2D eigenvalue weighted by Gasteiger charge is 2.41. The monoisotopic (exact) mass is 483 g/mol. The van der Waals surface area contributed by atoms with Gasteiger partial charge in [0.15, 0.2) is 5.11 Å². The fourth-order valence-electron chi connectivity index (χ4n) is 4.11. The lowest BCUT2D eigenvalue weighted by Gasteiger charge is -2.36. The summed E-state index contributed by atoms with van der Waals surface area (Å²) < 4.78 is 0. The minimum atomic E-state index is -0.431. The van der Waals surface area contributed by atoms with Gasteiger partial charge >= 0.3 is 0 Å². The Balaban J connectivity index is 1.79. The molecule has 2 amide bonds. The predicted molar refractivity (Wildman–Crippen MR) is 148 cm³/mol. The van der Waals surface area contributed by atoms with E-state index in [2.05, 4.69) is 18.7 Å². The third-order valence-corrected chi connectivity index (χ3v) is 6.53. The van der Waals surface area contributed by atoms with Gasteiger partial charge in [-0.1, -0.05) is 47.5 Å². The Morgan fingerprint density at radius 1 is 0.714 bits per heavy atom. The number of nitrogens with zero attached hydrogens (tertiary/aromatic N) is 3. The molecule has 0 radical (unpaired) electrons. The molecular weight excluding hydrogens is 454 g/mol. The maximum atomic E-state index is 13.6. The number of anilines is 3. The zero-order valence-corrected chi connectivity index (χ0v) is 21.3. The van der Waals surface area contributed by atoms with E-state index >= 15 is 0 Å². The van der Waals surface area contributed by atoms with Crippen molar-refractivity contribution < 1.29 is 9.59 Å². The van der Waals surface area contributed by atoms with Crippen LogP contribution in [0.15, 0.2) is 78.4 Å². The minimum absolute atomic E-state index is 0.0651. The maximum absolute atomic E-state index is 13.6. The zero-order chi connectivity index (χ0) is 25.1. The molecule has 5 nitrogen and oxygen atoms in total. The van der Waals surface area contributed by atoms with E-state index < -0.39 is 11.8 Å². The number of aryl methyl sites for hydroxylation is 2. The molecule has 1 aliphatic heterocycles. The number of amides is 2. The molecule has 1 fully saturated rings. The molecule has 0 aromatic heterocycles. The normalized spacial score (nSPS) is 13.9. The molecule has 0 spiro atoms. The molecule has 0 saturated carbocycles.